The highest BCUT2D eigenvalue weighted by Crippen LogP contribution is 2.41. The molecule has 158 valence electrons. The number of benzene rings is 1. The first-order chi connectivity index (χ1) is 14.0. The zero-order valence-electron chi connectivity index (χ0n) is 17.2. The molecule has 8 nitrogen and oxygen atoms in total. The molecule has 1 amide bonds. The van der Waals surface area contributed by atoms with Gasteiger partial charge in [-0.05, 0) is 30.9 Å². The maximum absolute atomic E-state index is 12.3. The van der Waals surface area contributed by atoms with Crippen molar-refractivity contribution in [3.8, 4) is 28.7 Å². The van der Waals surface area contributed by atoms with Gasteiger partial charge < -0.3 is 23.9 Å². The zero-order chi connectivity index (χ0) is 20.8. The number of methoxy groups -OCH3 is 3. The molecule has 1 aromatic carbocycles. The molecule has 3 rings (SSSR count). The summed E-state index contributed by atoms with van der Waals surface area (Å²) in [6.07, 6.45) is 4.63. The second-order valence-electron chi connectivity index (χ2n) is 7.01. The Kier molecular flexibility index (Phi) is 7.24. The fourth-order valence-corrected chi connectivity index (χ4v) is 4.07. The molecular weight excluding hydrogens is 394 g/mol. The lowest BCUT2D eigenvalue weighted by Crippen LogP contribution is -2.41. The molecule has 29 heavy (non-hydrogen) atoms. The number of carbonyl (C=O) groups excluding carboxylic acids is 1. The van der Waals surface area contributed by atoms with Crippen LogP contribution in [0.4, 0.5) is 0 Å². The maximum Gasteiger partial charge on any atom is 0.277 e. The van der Waals surface area contributed by atoms with Crippen LogP contribution in [0.5, 0.6) is 17.2 Å². The smallest absolute Gasteiger partial charge is 0.277 e. The molecule has 0 spiro atoms. The van der Waals surface area contributed by atoms with Crippen molar-refractivity contribution in [2.45, 2.75) is 43.9 Å². The van der Waals surface area contributed by atoms with Crippen molar-refractivity contribution in [3.63, 3.8) is 0 Å². The van der Waals surface area contributed by atoms with Crippen molar-refractivity contribution in [2.75, 3.05) is 27.1 Å². The molecule has 9 heteroatoms. The van der Waals surface area contributed by atoms with E-state index in [1.807, 2.05) is 0 Å². The molecule has 2 aromatic rings. The highest BCUT2D eigenvalue weighted by atomic mass is 32.2. The summed E-state index contributed by atoms with van der Waals surface area (Å²) in [5.74, 6) is 2.54. The monoisotopic (exact) mass is 421 g/mol. The van der Waals surface area contributed by atoms with E-state index in [0.717, 1.165) is 6.42 Å². The summed E-state index contributed by atoms with van der Waals surface area (Å²) in [7, 11) is 4.63. The average Bonchev–Trinajstić information content (AvgIpc) is 3.22. The van der Waals surface area contributed by atoms with E-state index in [2.05, 4.69) is 22.4 Å². The Morgan fingerprint density at radius 3 is 2.45 bits per heavy atom. The first-order valence-corrected chi connectivity index (χ1v) is 10.6. The third-order valence-electron chi connectivity index (χ3n) is 5.10. The second kappa shape index (κ2) is 9.87. The molecule has 0 bridgehead atoms. The molecule has 1 aromatic heterocycles. The number of nitrogens with zero attached hydrogens (tertiary/aromatic N) is 2. The van der Waals surface area contributed by atoms with Gasteiger partial charge in [-0.1, -0.05) is 31.5 Å². The summed E-state index contributed by atoms with van der Waals surface area (Å²) < 4.78 is 21.7. The van der Waals surface area contributed by atoms with E-state index < -0.39 is 0 Å². The van der Waals surface area contributed by atoms with Gasteiger partial charge in [-0.15, -0.1) is 10.2 Å². The summed E-state index contributed by atoms with van der Waals surface area (Å²) in [5, 5.41) is 11.6. The topological polar surface area (TPSA) is 95.7 Å². The molecular formula is C20H27N3O5S. The lowest BCUT2D eigenvalue weighted by atomic mass is 9.86. The van der Waals surface area contributed by atoms with Gasteiger partial charge in [-0.3, -0.25) is 4.79 Å². The Hall–Kier alpha value is -2.42. The number of aromatic nitrogens is 2. The van der Waals surface area contributed by atoms with Crippen LogP contribution in [0.1, 0.15) is 32.6 Å². The maximum atomic E-state index is 12.3. The SMILES string of the molecule is COc1cc(-c2nnc(SCC(=O)N[C@H]3CCCC[C@@H]3C)o2)cc(OC)c1OC. The molecule has 0 saturated heterocycles. The second-order valence-corrected chi connectivity index (χ2v) is 7.94. The van der Waals surface area contributed by atoms with Crippen LogP contribution in [0, 0.1) is 5.92 Å². The Labute approximate surface area is 174 Å². The van der Waals surface area contributed by atoms with Gasteiger partial charge in [0.1, 0.15) is 0 Å². The minimum absolute atomic E-state index is 0.0127. The number of ether oxygens (including phenoxy) is 3. The molecule has 1 aliphatic rings. The van der Waals surface area contributed by atoms with E-state index >= 15 is 0 Å². The number of carbonyl (C=O) groups is 1. The van der Waals surface area contributed by atoms with Gasteiger partial charge in [-0.2, -0.15) is 0 Å². The Bertz CT molecular complexity index is 816. The summed E-state index contributed by atoms with van der Waals surface area (Å²) in [5.41, 5.74) is 0.638. The fraction of sp³-hybridized carbons (Fsp3) is 0.550. The lowest BCUT2D eigenvalue weighted by molar-refractivity contribution is -0.119. The highest BCUT2D eigenvalue weighted by molar-refractivity contribution is 7.99. The minimum Gasteiger partial charge on any atom is -0.493 e. The van der Waals surface area contributed by atoms with Gasteiger partial charge in [0, 0.05) is 11.6 Å². The first kappa shape index (κ1) is 21.3. The van der Waals surface area contributed by atoms with Gasteiger partial charge in [0.15, 0.2) is 11.5 Å². The van der Waals surface area contributed by atoms with Gasteiger partial charge in [-0.25, -0.2) is 0 Å². The number of hydrogen-bond donors (Lipinski definition) is 1. The average molecular weight is 422 g/mol. The molecule has 0 radical (unpaired) electrons. The van der Waals surface area contributed by atoms with Crippen molar-refractivity contribution in [3.05, 3.63) is 12.1 Å². The van der Waals surface area contributed by atoms with Gasteiger partial charge in [0.05, 0.1) is 27.1 Å². The van der Waals surface area contributed by atoms with Crippen LogP contribution in [0.25, 0.3) is 11.5 Å². The van der Waals surface area contributed by atoms with Crippen molar-refractivity contribution in [2.24, 2.45) is 5.92 Å². The number of nitrogens with one attached hydrogen (secondary N) is 1. The van der Waals surface area contributed by atoms with Crippen molar-refractivity contribution in [1.82, 2.24) is 15.5 Å². The summed E-state index contributed by atoms with van der Waals surface area (Å²) in [4.78, 5) is 12.3. The summed E-state index contributed by atoms with van der Waals surface area (Å²) in [6, 6.07) is 3.73. The molecule has 1 saturated carbocycles. The van der Waals surface area contributed by atoms with Crippen molar-refractivity contribution in [1.29, 1.82) is 0 Å². The molecule has 1 N–H and O–H groups in total. The number of hydrogen-bond acceptors (Lipinski definition) is 8. The van der Waals surface area contributed by atoms with Crippen LogP contribution in [0.15, 0.2) is 21.8 Å². The van der Waals surface area contributed by atoms with Gasteiger partial charge >= 0.3 is 0 Å². The molecule has 1 heterocycles. The zero-order valence-corrected chi connectivity index (χ0v) is 18.0. The normalized spacial score (nSPS) is 18.9. The van der Waals surface area contributed by atoms with E-state index in [1.54, 1.807) is 33.5 Å². The van der Waals surface area contributed by atoms with Crippen LogP contribution in [0.3, 0.4) is 0 Å². The molecule has 0 aliphatic heterocycles. The van der Waals surface area contributed by atoms with Crippen LogP contribution >= 0.6 is 11.8 Å². The fourth-order valence-electron chi connectivity index (χ4n) is 3.50. The van der Waals surface area contributed by atoms with Crippen LogP contribution in [0.2, 0.25) is 0 Å². The van der Waals surface area contributed by atoms with E-state index in [0.29, 0.717) is 39.8 Å². The van der Waals surface area contributed by atoms with Gasteiger partial charge in [0.25, 0.3) is 5.22 Å². The van der Waals surface area contributed by atoms with E-state index in [4.69, 9.17) is 18.6 Å². The van der Waals surface area contributed by atoms with Crippen molar-refractivity contribution < 1.29 is 23.4 Å². The summed E-state index contributed by atoms with van der Waals surface area (Å²) in [6.45, 7) is 2.19. The van der Waals surface area contributed by atoms with Crippen molar-refractivity contribution >= 4 is 17.7 Å². The lowest BCUT2D eigenvalue weighted by Gasteiger charge is -2.29. The predicted molar refractivity (Wildman–Crippen MR) is 110 cm³/mol. The van der Waals surface area contributed by atoms with Crippen LogP contribution in [-0.2, 0) is 4.79 Å². The minimum atomic E-state index is -0.0127. The Morgan fingerprint density at radius 2 is 1.83 bits per heavy atom. The third kappa shape index (κ3) is 5.14. The van der Waals surface area contributed by atoms with E-state index in [9.17, 15) is 4.79 Å². The number of thioether (sulfide) groups is 1. The number of rotatable bonds is 8. The standard InChI is InChI=1S/C20H27N3O5S/c1-12-7-5-6-8-14(12)21-17(24)11-29-20-23-22-19(28-20)13-9-15(25-2)18(27-4)16(10-13)26-3/h9-10,12,14H,5-8,11H2,1-4H3,(H,21,24)/t12-,14-/m0/s1. The highest BCUT2D eigenvalue weighted by Gasteiger charge is 2.23. The van der Waals surface area contributed by atoms with E-state index in [1.165, 1.54) is 31.0 Å². The largest absolute Gasteiger partial charge is 0.493 e. The van der Waals surface area contributed by atoms with Gasteiger partial charge in [0.2, 0.25) is 17.5 Å². The molecule has 1 aliphatic carbocycles. The summed E-state index contributed by atoms with van der Waals surface area (Å²) >= 11 is 1.22. The predicted octanol–water partition coefficient (Wildman–Crippen LogP) is 3.55. The Balaban J connectivity index is 1.64. The first-order valence-electron chi connectivity index (χ1n) is 9.61. The molecule has 2 atom stereocenters. The van der Waals surface area contributed by atoms with Crippen LogP contribution in [-0.4, -0.2) is 49.2 Å². The molecule has 1 fully saturated rings. The van der Waals surface area contributed by atoms with Crippen LogP contribution < -0.4 is 19.5 Å². The molecule has 0 unspecified atom stereocenters. The Morgan fingerprint density at radius 1 is 1.14 bits per heavy atom. The number of amides is 1. The van der Waals surface area contributed by atoms with E-state index in [-0.39, 0.29) is 17.7 Å². The third-order valence-corrected chi connectivity index (χ3v) is 5.92. The quantitative estimate of drug-likeness (QED) is 0.647.